The minimum Gasteiger partial charge on any atom is -0.396 e. The summed E-state index contributed by atoms with van der Waals surface area (Å²) in [4.78, 5) is 11.6. The van der Waals surface area contributed by atoms with Crippen molar-refractivity contribution < 1.29 is 14.3 Å². The van der Waals surface area contributed by atoms with E-state index in [1.165, 1.54) is 18.2 Å². The Kier molecular flexibility index (Phi) is 4.71. The number of hydrogen-bond donors (Lipinski definition) is 2. The summed E-state index contributed by atoms with van der Waals surface area (Å²) >= 11 is 5.65. The second-order valence-electron chi connectivity index (χ2n) is 3.60. The van der Waals surface area contributed by atoms with Gasteiger partial charge in [-0.3, -0.25) is 4.79 Å². The molecule has 0 aromatic heterocycles. The number of aliphatic hydroxyl groups is 1. The molecule has 16 heavy (non-hydrogen) atoms. The summed E-state index contributed by atoms with van der Waals surface area (Å²) in [5.41, 5.74) is 0.104. The van der Waals surface area contributed by atoms with Crippen LogP contribution in [-0.2, 0) is 0 Å². The normalized spacial score (nSPS) is 12.2. The molecule has 0 fully saturated rings. The van der Waals surface area contributed by atoms with Gasteiger partial charge in [0.15, 0.2) is 0 Å². The number of carbonyl (C=O) groups excluding carboxylic acids is 1. The van der Waals surface area contributed by atoms with Gasteiger partial charge in [0, 0.05) is 13.2 Å². The monoisotopic (exact) mass is 245 g/mol. The van der Waals surface area contributed by atoms with E-state index in [2.05, 4.69) is 5.32 Å². The van der Waals surface area contributed by atoms with E-state index in [1.807, 2.05) is 0 Å². The second-order valence-corrected chi connectivity index (χ2v) is 3.98. The van der Waals surface area contributed by atoms with Crippen molar-refractivity contribution in [2.24, 2.45) is 5.92 Å². The third-order valence-electron chi connectivity index (χ3n) is 2.12. The lowest BCUT2D eigenvalue weighted by atomic mass is 10.1. The van der Waals surface area contributed by atoms with Gasteiger partial charge in [0.1, 0.15) is 5.82 Å². The first-order valence-electron chi connectivity index (χ1n) is 4.89. The number of carbonyl (C=O) groups is 1. The van der Waals surface area contributed by atoms with Crippen LogP contribution in [-0.4, -0.2) is 24.2 Å². The maximum Gasteiger partial charge on any atom is 0.252 e. The topological polar surface area (TPSA) is 49.3 Å². The van der Waals surface area contributed by atoms with E-state index in [-0.39, 0.29) is 23.1 Å². The number of aliphatic hydroxyl groups excluding tert-OH is 1. The van der Waals surface area contributed by atoms with Crippen molar-refractivity contribution in [1.82, 2.24) is 5.32 Å². The zero-order valence-corrected chi connectivity index (χ0v) is 9.59. The summed E-state index contributed by atoms with van der Waals surface area (Å²) in [6, 6.07) is 4.06. The number of rotatable bonds is 4. The van der Waals surface area contributed by atoms with Crippen molar-refractivity contribution in [3.63, 3.8) is 0 Å². The average Bonchev–Trinajstić information content (AvgIpc) is 2.29. The summed E-state index contributed by atoms with van der Waals surface area (Å²) < 4.78 is 13.1. The number of benzene rings is 1. The Morgan fingerprint density at radius 3 is 2.94 bits per heavy atom. The lowest BCUT2D eigenvalue weighted by Gasteiger charge is -2.10. The zero-order valence-electron chi connectivity index (χ0n) is 8.84. The smallest absolute Gasteiger partial charge is 0.252 e. The van der Waals surface area contributed by atoms with Crippen molar-refractivity contribution in [3.05, 3.63) is 34.6 Å². The van der Waals surface area contributed by atoms with Gasteiger partial charge in [-0.1, -0.05) is 24.6 Å². The fourth-order valence-corrected chi connectivity index (χ4v) is 1.32. The number of hydrogen-bond acceptors (Lipinski definition) is 2. The van der Waals surface area contributed by atoms with E-state index < -0.39 is 11.7 Å². The molecule has 0 radical (unpaired) electrons. The molecule has 0 heterocycles. The molecule has 5 heteroatoms. The molecule has 2 N–H and O–H groups in total. The summed E-state index contributed by atoms with van der Waals surface area (Å²) in [6.45, 7) is 2.09. The molecule has 1 aromatic carbocycles. The number of nitrogens with one attached hydrogen (secondary N) is 1. The molecule has 0 saturated carbocycles. The van der Waals surface area contributed by atoms with Gasteiger partial charge in [-0.25, -0.2) is 4.39 Å². The van der Waals surface area contributed by atoms with Gasteiger partial charge in [-0.05, 0) is 18.1 Å². The second kappa shape index (κ2) is 5.82. The molecule has 0 saturated heterocycles. The molecule has 3 nitrogen and oxygen atoms in total. The molecule has 0 aliphatic carbocycles. The van der Waals surface area contributed by atoms with Crippen molar-refractivity contribution >= 4 is 17.5 Å². The van der Waals surface area contributed by atoms with Gasteiger partial charge in [0.05, 0.1) is 10.6 Å². The third-order valence-corrected chi connectivity index (χ3v) is 2.50. The predicted molar refractivity (Wildman–Crippen MR) is 60.0 cm³/mol. The van der Waals surface area contributed by atoms with Gasteiger partial charge in [-0.15, -0.1) is 0 Å². The van der Waals surface area contributed by atoms with Crippen molar-refractivity contribution in [1.29, 1.82) is 0 Å². The Labute approximate surface area is 98.2 Å². The fraction of sp³-hybridized carbons (Fsp3) is 0.364. The highest BCUT2D eigenvalue weighted by Gasteiger charge is 2.13. The first-order valence-corrected chi connectivity index (χ1v) is 5.27. The van der Waals surface area contributed by atoms with Crippen LogP contribution in [0.5, 0.6) is 0 Å². The fourth-order valence-electron chi connectivity index (χ4n) is 1.11. The van der Waals surface area contributed by atoms with E-state index in [0.29, 0.717) is 6.54 Å². The van der Waals surface area contributed by atoms with Gasteiger partial charge < -0.3 is 10.4 Å². The quantitative estimate of drug-likeness (QED) is 0.850. The van der Waals surface area contributed by atoms with Gasteiger partial charge in [-0.2, -0.15) is 0 Å². The number of amides is 1. The van der Waals surface area contributed by atoms with E-state index >= 15 is 0 Å². The molecule has 1 unspecified atom stereocenters. The van der Waals surface area contributed by atoms with E-state index in [4.69, 9.17) is 16.7 Å². The molecule has 1 rings (SSSR count). The van der Waals surface area contributed by atoms with Crippen molar-refractivity contribution in [2.45, 2.75) is 6.92 Å². The molecule has 1 atom stereocenters. The molecule has 0 bridgehead atoms. The van der Waals surface area contributed by atoms with Crippen LogP contribution in [0.4, 0.5) is 4.39 Å². The Morgan fingerprint density at radius 2 is 2.31 bits per heavy atom. The summed E-state index contributed by atoms with van der Waals surface area (Å²) in [6.07, 6.45) is 0. The van der Waals surface area contributed by atoms with Crippen LogP contribution in [0, 0.1) is 11.7 Å². The molecule has 1 amide bonds. The van der Waals surface area contributed by atoms with Crippen LogP contribution in [0.3, 0.4) is 0 Å². The van der Waals surface area contributed by atoms with E-state index in [1.54, 1.807) is 6.92 Å². The first-order chi connectivity index (χ1) is 7.56. The van der Waals surface area contributed by atoms with Crippen LogP contribution >= 0.6 is 11.6 Å². The lowest BCUT2D eigenvalue weighted by molar-refractivity contribution is 0.0942. The zero-order chi connectivity index (χ0) is 12.1. The van der Waals surface area contributed by atoms with Crippen LogP contribution < -0.4 is 5.32 Å². The molecule has 88 valence electrons. The summed E-state index contributed by atoms with van der Waals surface area (Å²) in [5, 5.41) is 11.2. The Hall–Kier alpha value is -1.13. The Morgan fingerprint density at radius 1 is 1.62 bits per heavy atom. The largest absolute Gasteiger partial charge is 0.396 e. The van der Waals surface area contributed by atoms with Gasteiger partial charge in [0.2, 0.25) is 0 Å². The molecular formula is C11H13ClFNO2. The highest BCUT2D eigenvalue weighted by atomic mass is 35.5. The van der Waals surface area contributed by atoms with Crippen molar-refractivity contribution in [3.8, 4) is 0 Å². The average molecular weight is 246 g/mol. The van der Waals surface area contributed by atoms with Crippen LogP contribution in [0.15, 0.2) is 18.2 Å². The van der Waals surface area contributed by atoms with Gasteiger partial charge >= 0.3 is 0 Å². The third kappa shape index (κ3) is 3.18. The van der Waals surface area contributed by atoms with Crippen LogP contribution in [0.1, 0.15) is 17.3 Å². The number of halogens is 2. The van der Waals surface area contributed by atoms with Crippen LogP contribution in [0.2, 0.25) is 5.02 Å². The van der Waals surface area contributed by atoms with E-state index in [9.17, 15) is 9.18 Å². The maximum absolute atomic E-state index is 13.1. The minimum absolute atomic E-state index is 0.0167. The van der Waals surface area contributed by atoms with Crippen LogP contribution in [0.25, 0.3) is 0 Å². The SMILES string of the molecule is CC(CO)CNC(=O)c1cccc(F)c1Cl. The van der Waals surface area contributed by atoms with Crippen molar-refractivity contribution in [2.75, 3.05) is 13.2 Å². The molecule has 0 aliphatic rings. The van der Waals surface area contributed by atoms with E-state index in [0.717, 1.165) is 0 Å². The minimum atomic E-state index is -0.621. The standard InChI is InChI=1S/C11H13ClFNO2/c1-7(6-15)5-14-11(16)8-3-2-4-9(13)10(8)12/h2-4,7,15H,5-6H2,1H3,(H,14,16). The summed E-state index contributed by atoms with van der Waals surface area (Å²) in [5.74, 6) is -1.11. The summed E-state index contributed by atoms with van der Waals surface area (Å²) in [7, 11) is 0. The Balaban J connectivity index is 2.70. The molecule has 1 aromatic rings. The molecular weight excluding hydrogens is 233 g/mol. The first kappa shape index (κ1) is 12.9. The Bertz CT molecular complexity index is 384. The predicted octanol–water partition coefficient (Wildman–Crippen LogP) is 1.84. The highest BCUT2D eigenvalue weighted by Crippen LogP contribution is 2.19. The van der Waals surface area contributed by atoms with Gasteiger partial charge in [0.25, 0.3) is 5.91 Å². The maximum atomic E-state index is 13.1. The molecule has 0 aliphatic heterocycles. The molecule has 0 spiro atoms. The highest BCUT2D eigenvalue weighted by molar-refractivity contribution is 6.34. The lowest BCUT2D eigenvalue weighted by Crippen LogP contribution is -2.29.